The number of anilines is 1. The van der Waals surface area contributed by atoms with E-state index in [4.69, 9.17) is 4.98 Å². The summed E-state index contributed by atoms with van der Waals surface area (Å²) in [6.45, 7) is 1.98. The fourth-order valence-corrected chi connectivity index (χ4v) is 3.64. The van der Waals surface area contributed by atoms with Crippen LogP contribution in [0, 0.1) is 0 Å². The first-order chi connectivity index (χ1) is 10.3. The molecule has 1 aromatic carbocycles. The van der Waals surface area contributed by atoms with E-state index in [0.717, 1.165) is 34.4 Å². The van der Waals surface area contributed by atoms with Gasteiger partial charge in [-0.2, -0.15) is 0 Å². The van der Waals surface area contributed by atoms with Gasteiger partial charge in [-0.3, -0.25) is 4.79 Å². The first kappa shape index (κ1) is 14.1. The summed E-state index contributed by atoms with van der Waals surface area (Å²) in [5.74, 6) is 0.799. The normalized spacial score (nSPS) is 15.0. The van der Waals surface area contributed by atoms with Gasteiger partial charge in [-0.15, -0.1) is 11.3 Å². The molecule has 1 aliphatic rings. The number of rotatable bonds is 3. The van der Waals surface area contributed by atoms with Gasteiger partial charge in [0, 0.05) is 25.7 Å². The van der Waals surface area contributed by atoms with Crippen LogP contribution in [0.5, 0.6) is 0 Å². The Labute approximate surface area is 128 Å². The summed E-state index contributed by atoms with van der Waals surface area (Å²) in [6, 6.07) is 10.1. The van der Waals surface area contributed by atoms with Crippen LogP contribution < -0.4 is 10.2 Å². The Hall–Kier alpha value is -1.88. The predicted molar refractivity (Wildman–Crippen MR) is 87.0 cm³/mol. The third-order valence-corrected chi connectivity index (χ3v) is 4.81. The maximum Gasteiger partial charge on any atom is 0.264 e. The molecule has 0 aliphatic carbocycles. The SMILES string of the molecule is CNC(=O)c1sc(-c2ccccc2)nc1N1CCCCC1. The van der Waals surface area contributed by atoms with Crippen LogP contribution >= 0.6 is 11.3 Å². The number of nitrogens with one attached hydrogen (secondary N) is 1. The van der Waals surface area contributed by atoms with Gasteiger partial charge in [0.1, 0.15) is 9.88 Å². The summed E-state index contributed by atoms with van der Waals surface area (Å²) in [4.78, 5) is 19.9. The van der Waals surface area contributed by atoms with Gasteiger partial charge in [0.05, 0.1) is 0 Å². The maximum absolute atomic E-state index is 12.2. The fourth-order valence-electron chi connectivity index (χ4n) is 2.60. The number of benzene rings is 1. The van der Waals surface area contributed by atoms with E-state index in [1.54, 1.807) is 7.05 Å². The van der Waals surface area contributed by atoms with Gasteiger partial charge in [-0.25, -0.2) is 4.98 Å². The Morgan fingerprint density at radius 3 is 2.57 bits per heavy atom. The number of hydrogen-bond acceptors (Lipinski definition) is 4. The van der Waals surface area contributed by atoms with Crippen LogP contribution in [0.3, 0.4) is 0 Å². The molecule has 2 heterocycles. The first-order valence-electron chi connectivity index (χ1n) is 7.33. The molecule has 0 saturated carbocycles. The highest BCUT2D eigenvalue weighted by molar-refractivity contribution is 7.17. The van der Waals surface area contributed by atoms with Crippen molar-refractivity contribution in [2.24, 2.45) is 0 Å². The van der Waals surface area contributed by atoms with Crippen LogP contribution in [-0.2, 0) is 0 Å². The zero-order chi connectivity index (χ0) is 14.7. The Balaban J connectivity index is 2.00. The minimum atomic E-state index is -0.0461. The summed E-state index contributed by atoms with van der Waals surface area (Å²) < 4.78 is 0. The van der Waals surface area contributed by atoms with Crippen molar-refractivity contribution < 1.29 is 4.79 Å². The highest BCUT2D eigenvalue weighted by Gasteiger charge is 2.23. The second kappa shape index (κ2) is 6.26. The van der Waals surface area contributed by atoms with Crippen molar-refractivity contribution in [1.29, 1.82) is 0 Å². The molecule has 1 saturated heterocycles. The molecule has 0 atom stereocenters. The van der Waals surface area contributed by atoms with Gasteiger partial charge in [-0.05, 0) is 19.3 Å². The van der Waals surface area contributed by atoms with Crippen LogP contribution in [0.1, 0.15) is 28.9 Å². The Kier molecular flexibility index (Phi) is 4.20. The Bertz CT molecular complexity index is 618. The molecule has 2 aromatic rings. The number of carbonyl (C=O) groups is 1. The maximum atomic E-state index is 12.2. The number of thiazole rings is 1. The topological polar surface area (TPSA) is 45.2 Å². The standard InChI is InChI=1S/C16H19N3OS/c1-17-15(20)13-14(19-10-6-3-7-11-19)18-16(21-13)12-8-4-2-5-9-12/h2,4-5,8-9H,3,6-7,10-11H2,1H3,(H,17,20). The summed E-state index contributed by atoms with van der Waals surface area (Å²) in [6.07, 6.45) is 3.61. The first-order valence-corrected chi connectivity index (χ1v) is 8.14. The van der Waals surface area contributed by atoms with E-state index in [0.29, 0.717) is 0 Å². The average Bonchev–Trinajstić information content (AvgIpc) is 3.01. The van der Waals surface area contributed by atoms with Crippen molar-refractivity contribution in [3.05, 3.63) is 35.2 Å². The van der Waals surface area contributed by atoms with Crippen molar-refractivity contribution in [2.45, 2.75) is 19.3 Å². The third-order valence-electron chi connectivity index (χ3n) is 3.72. The second-order valence-electron chi connectivity index (χ2n) is 5.16. The highest BCUT2D eigenvalue weighted by Crippen LogP contribution is 2.34. The number of amides is 1. The molecule has 110 valence electrons. The minimum absolute atomic E-state index is 0.0461. The molecule has 0 spiro atoms. The van der Waals surface area contributed by atoms with Crippen LogP contribution in [0.4, 0.5) is 5.82 Å². The molecular weight excluding hydrogens is 282 g/mol. The number of aromatic nitrogens is 1. The van der Waals surface area contributed by atoms with Gasteiger partial charge in [0.2, 0.25) is 0 Å². The smallest absolute Gasteiger partial charge is 0.264 e. The summed E-state index contributed by atoms with van der Waals surface area (Å²) >= 11 is 1.47. The zero-order valence-electron chi connectivity index (χ0n) is 12.1. The number of carbonyl (C=O) groups excluding carboxylic acids is 1. The van der Waals surface area contributed by atoms with E-state index in [1.807, 2.05) is 30.3 Å². The van der Waals surface area contributed by atoms with E-state index < -0.39 is 0 Å². The molecule has 1 aliphatic heterocycles. The molecule has 1 N–H and O–H groups in total. The van der Waals surface area contributed by atoms with Crippen molar-refractivity contribution in [1.82, 2.24) is 10.3 Å². The van der Waals surface area contributed by atoms with E-state index in [2.05, 4.69) is 10.2 Å². The number of nitrogens with zero attached hydrogens (tertiary/aromatic N) is 2. The van der Waals surface area contributed by atoms with Crippen LogP contribution in [0.15, 0.2) is 30.3 Å². The van der Waals surface area contributed by atoms with Crippen LogP contribution in [0.2, 0.25) is 0 Å². The van der Waals surface area contributed by atoms with E-state index in [-0.39, 0.29) is 5.91 Å². The predicted octanol–water partition coefficient (Wildman–Crippen LogP) is 3.16. The van der Waals surface area contributed by atoms with Crippen molar-refractivity contribution >= 4 is 23.1 Å². The molecule has 0 unspecified atom stereocenters. The molecule has 1 fully saturated rings. The molecule has 5 heteroatoms. The van der Waals surface area contributed by atoms with Gasteiger partial charge in [0.15, 0.2) is 5.82 Å². The van der Waals surface area contributed by atoms with Gasteiger partial charge in [0.25, 0.3) is 5.91 Å². The molecule has 1 amide bonds. The molecular formula is C16H19N3OS. The van der Waals surface area contributed by atoms with Crippen LogP contribution in [-0.4, -0.2) is 31.0 Å². The van der Waals surface area contributed by atoms with E-state index in [9.17, 15) is 4.79 Å². The van der Waals surface area contributed by atoms with Gasteiger partial charge >= 0.3 is 0 Å². The molecule has 1 aromatic heterocycles. The van der Waals surface area contributed by atoms with E-state index in [1.165, 1.54) is 30.6 Å². The summed E-state index contributed by atoms with van der Waals surface area (Å²) in [7, 11) is 1.67. The Morgan fingerprint density at radius 1 is 1.19 bits per heavy atom. The lowest BCUT2D eigenvalue weighted by atomic mass is 10.1. The largest absolute Gasteiger partial charge is 0.355 e. The molecule has 3 rings (SSSR count). The summed E-state index contributed by atoms with van der Waals surface area (Å²) in [5.41, 5.74) is 1.07. The second-order valence-corrected chi connectivity index (χ2v) is 6.16. The molecule has 0 bridgehead atoms. The fraction of sp³-hybridized carbons (Fsp3) is 0.375. The molecule has 21 heavy (non-hydrogen) atoms. The highest BCUT2D eigenvalue weighted by atomic mass is 32.1. The number of piperidine rings is 1. The van der Waals surface area contributed by atoms with Crippen molar-refractivity contribution in [3.8, 4) is 10.6 Å². The lowest BCUT2D eigenvalue weighted by molar-refractivity contribution is 0.0967. The zero-order valence-corrected chi connectivity index (χ0v) is 12.9. The monoisotopic (exact) mass is 301 g/mol. The van der Waals surface area contributed by atoms with Crippen molar-refractivity contribution in [3.63, 3.8) is 0 Å². The lowest BCUT2D eigenvalue weighted by Gasteiger charge is -2.27. The average molecular weight is 301 g/mol. The lowest BCUT2D eigenvalue weighted by Crippen LogP contribution is -2.31. The Morgan fingerprint density at radius 2 is 1.90 bits per heavy atom. The quantitative estimate of drug-likeness (QED) is 0.947. The van der Waals surface area contributed by atoms with Crippen LogP contribution in [0.25, 0.3) is 10.6 Å². The molecule has 4 nitrogen and oxygen atoms in total. The van der Waals surface area contributed by atoms with Crippen molar-refractivity contribution in [2.75, 3.05) is 25.0 Å². The molecule has 0 radical (unpaired) electrons. The van der Waals surface area contributed by atoms with Gasteiger partial charge in [-0.1, -0.05) is 30.3 Å². The minimum Gasteiger partial charge on any atom is -0.355 e. The number of hydrogen-bond donors (Lipinski definition) is 1. The van der Waals surface area contributed by atoms with Gasteiger partial charge < -0.3 is 10.2 Å². The van der Waals surface area contributed by atoms with E-state index >= 15 is 0 Å². The summed E-state index contributed by atoms with van der Waals surface area (Å²) in [5, 5.41) is 3.64. The third kappa shape index (κ3) is 2.93.